The lowest BCUT2D eigenvalue weighted by Crippen LogP contribution is -2.38. The largest absolute Gasteiger partial charge is 0.478 e. The van der Waals surface area contributed by atoms with Crippen LogP contribution in [0.2, 0.25) is 0 Å². The maximum absolute atomic E-state index is 12.5. The molecule has 0 saturated carbocycles. The summed E-state index contributed by atoms with van der Waals surface area (Å²) in [7, 11) is 0. The molecule has 5 heteroatoms. The molecule has 3 rings (SSSR count). The van der Waals surface area contributed by atoms with E-state index in [1.54, 1.807) is 24.3 Å². The maximum Gasteiger partial charge on any atom is 0.335 e. The number of amides is 1. The van der Waals surface area contributed by atoms with E-state index in [0.717, 1.165) is 23.2 Å². The molecule has 23 heavy (non-hydrogen) atoms. The van der Waals surface area contributed by atoms with Crippen molar-refractivity contribution in [1.29, 1.82) is 0 Å². The van der Waals surface area contributed by atoms with Crippen LogP contribution in [0.15, 0.2) is 48.5 Å². The number of hydrogen-bond donors (Lipinski definition) is 3. The van der Waals surface area contributed by atoms with E-state index in [4.69, 9.17) is 5.11 Å². The van der Waals surface area contributed by atoms with Gasteiger partial charge in [0.15, 0.2) is 0 Å². The van der Waals surface area contributed by atoms with Crippen LogP contribution >= 0.6 is 0 Å². The molecule has 1 amide bonds. The molecule has 1 unspecified atom stereocenters. The summed E-state index contributed by atoms with van der Waals surface area (Å²) in [6.45, 7) is 1.80. The van der Waals surface area contributed by atoms with Crippen LogP contribution in [0, 0.1) is 0 Å². The molecule has 0 bridgehead atoms. The third-order valence-electron chi connectivity index (χ3n) is 4.08. The Bertz CT molecular complexity index is 725. The first-order valence-corrected chi connectivity index (χ1v) is 7.53. The van der Waals surface area contributed by atoms with Crippen molar-refractivity contribution in [3.8, 4) is 0 Å². The van der Waals surface area contributed by atoms with Crippen molar-refractivity contribution < 1.29 is 14.7 Å². The quantitative estimate of drug-likeness (QED) is 0.806. The molecule has 1 atom stereocenters. The number of rotatable bonds is 4. The SMILES string of the molecule is O=C(O)c1ccc(CNC(=O)C2CNCc3ccccc32)cc1. The zero-order valence-electron chi connectivity index (χ0n) is 12.6. The molecule has 1 aliphatic heterocycles. The highest BCUT2D eigenvalue weighted by Gasteiger charge is 2.25. The summed E-state index contributed by atoms with van der Waals surface area (Å²) in [6.07, 6.45) is 0. The first kappa shape index (κ1) is 15.2. The number of carboxylic acid groups (broad SMARTS) is 1. The Hall–Kier alpha value is -2.66. The fourth-order valence-electron chi connectivity index (χ4n) is 2.81. The second-order valence-electron chi connectivity index (χ2n) is 5.60. The number of nitrogens with one attached hydrogen (secondary N) is 2. The zero-order valence-corrected chi connectivity index (χ0v) is 12.6. The number of carbonyl (C=O) groups is 2. The number of fused-ring (bicyclic) bond motifs is 1. The molecule has 0 saturated heterocycles. The predicted molar refractivity (Wildman–Crippen MR) is 86.1 cm³/mol. The van der Waals surface area contributed by atoms with Gasteiger partial charge in [-0.15, -0.1) is 0 Å². The Morgan fingerprint density at radius 1 is 1.13 bits per heavy atom. The summed E-state index contributed by atoms with van der Waals surface area (Å²) in [5.41, 5.74) is 3.35. The van der Waals surface area contributed by atoms with Gasteiger partial charge in [-0.05, 0) is 28.8 Å². The average molecular weight is 310 g/mol. The van der Waals surface area contributed by atoms with Crippen LogP contribution in [0.3, 0.4) is 0 Å². The Morgan fingerprint density at radius 2 is 1.87 bits per heavy atom. The van der Waals surface area contributed by atoms with Gasteiger partial charge < -0.3 is 15.7 Å². The van der Waals surface area contributed by atoms with E-state index in [9.17, 15) is 9.59 Å². The lowest BCUT2D eigenvalue weighted by molar-refractivity contribution is -0.122. The second-order valence-corrected chi connectivity index (χ2v) is 5.60. The van der Waals surface area contributed by atoms with Crippen molar-refractivity contribution in [3.63, 3.8) is 0 Å². The minimum atomic E-state index is -0.953. The molecule has 0 spiro atoms. The monoisotopic (exact) mass is 310 g/mol. The van der Waals surface area contributed by atoms with Gasteiger partial charge in [0.25, 0.3) is 0 Å². The van der Waals surface area contributed by atoms with Crippen LogP contribution in [0.1, 0.15) is 33.0 Å². The van der Waals surface area contributed by atoms with E-state index < -0.39 is 5.97 Å². The molecular weight excluding hydrogens is 292 g/mol. The first-order chi connectivity index (χ1) is 11.1. The van der Waals surface area contributed by atoms with Crippen LogP contribution in [-0.2, 0) is 17.9 Å². The van der Waals surface area contributed by atoms with E-state index in [-0.39, 0.29) is 17.4 Å². The molecule has 118 valence electrons. The average Bonchev–Trinajstić information content (AvgIpc) is 2.59. The first-order valence-electron chi connectivity index (χ1n) is 7.53. The van der Waals surface area contributed by atoms with Crippen molar-refractivity contribution in [1.82, 2.24) is 10.6 Å². The minimum Gasteiger partial charge on any atom is -0.478 e. The molecule has 0 fully saturated rings. The van der Waals surface area contributed by atoms with E-state index in [2.05, 4.69) is 10.6 Å². The zero-order chi connectivity index (χ0) is 16.2. The number of carbonyl (C=O) groups excluding carboxylic acids is 1. The predicted octanol–water partition coefficient (Wildman–Crippen LogP) is 1.89. The molecular formula is C18H18N2O3. The maximum atomic E-state index is 12.5. The van der Waals surface area contributed by atoms with Crippen molar-refractivity contribution in [2.75, 3.05) is 6.54 Å². The van der Waals surface area contributed by atoms with Gasteiger partial charge in [-0.3, -0.25) is 4.79 Å². The fraction of sp³-hybridized carbons (Fsp3) is 0.222. The Balaban J connectivity index is 1.65. The highest BCUT2D eigenvalue weighted by atomic mass is 16.4. The van der Waals surface area contributed by atoms with Crippen LogP contribution in [0.4, 0.5) is 0 Å². The summed E-state index contributed by atoms with van der Waals surface area (Å²) in [6, 6.07) is 14.5. The standard InChI is InChI=1S/C18H18N2O3/c21-17(16-11-19-10-14-3-1-2-4-15(14)16)20-9-12-5-7-13(8-6-12)18(22)23/h1-8,16,19H,9-11H2,(H,20,21)(H,22,23). The number of carboxylic acids is 1. The number of aromatic carboxylic acids is 1. The van der Waals surface area contributed by atoms with Crippen LogP contribution < -0.4 is 10.6 Å². The van der Waals surface area contributed by atoms with Gasteiger partial charge >= 0.3 is 5.97 Å². The molecule has 2 aromatic rings. The summed E-state index contributed by atoms with van der Waals surface area (Å²) in [5, 5.41) is 15.1. The summed E-state index contributed by atoms with van der Waals surface area (Å²) >= 11 is 0. The van der Waals surface area contributed by atoms with Gasteiger partial charge in [-0.1, -0.05) is 36.4 Å². The third-order valence-corrected chi connectivity index (χ3v) is 4.08. The van der Waals surface area contributed by atoms with Gasteiger partial charge in [0.1, 0.15) is 0 Å². The van der Waals surface area contributed by atoms with Crippen molar-refractivity contribution in [2.45, 2.75) is 19.0 Å². The molecule has 1 heterocycles. The summed E-state index contributed by atoms with van der Waals surface area (Å²) in [4.78, 5) is 23.3. The molecule has 0 radical (unpaired) electrons. The fourth-order valence-corrected chi connectivity index (χ4v) is 2.81. The highest BCUT2D eigenvalue weighted by molar-refractivity contribution is 5.87. The number of hydrogen-bond acceptors (Lipinski definition) is 3. The smallest absolute Gasteiger partial charge is 0.335 e. The molecule has 0 aromatic heterocycles. The molecule has 3 N–H and O–H groups in total. The van der Waals surface area contributed by atoms with E-state index >= 15 is 0 Å². The second kappa shape index (κ2) is 6.62. The van der Waals surface area contributed by atoms with Crippen molar-refractivity contribution in [2.24, 2.45) is 0 Å². The van der Waals surface area contributed by atoms with Crippen LogP contribution in [-0.4, -0.2) is 23.5 Å². The molecule has 2 aromatic carbocycles. The molecule has 0 aliphatic carbocycles. The van der Waals surface area contributed by atoms with Gasteiger partial charge in [0, 0.05) is 19.6 Å². The van der Waals surface area contributed by atoms with Gasteiger partial charge in [-0.2, -0.15) is 0 Å². The van der Waals surface area contributed by atoms with E-state index in [1.807, 2.05) is 24.3 Å². The van der Waals surface area contributed by atoms with Gasteiger partial charge in [0.05, 0.1) is 11.5 Å². The third kappa shape index (κ3) is 3.40. The van der Waals surface area contributed by atoms with Gasteiger partial charge in [0.2, 0.25) is 5.91 Å². The molecule has 5 nitrogen and oxygen atoms in total. The minimum absolute atomic E-state index is 0.0213. The van der Waals surface area contributed by atoms with E-state index in [1.165, 1.54) is 0 Å². The molecule has 1 aliphatic rings. The summed E-state index contributed by atoms with van der Waals surface area (Å²) < 4.78 is 0. The van der Waals surface area contributed by atoms with Gasteiger partial charge in [-0.25, -0.2) is 4.79 Å². The topological polar surface area (TPSA) is 78.4 Å². The normalized spacial score (nSPS) is 16.4. The van der Waals surface area contributed by atoms with Crippen molar-refractivity contribution in [3.05, 3.63) is 70.8 Å². The Morgan fingerprint density at radius 3 is 2.61 bits per heavy atom. The lowest BCUT2D eigenvalue weighted by atomic mass is 9.90. The van der Waals surface area contributed by atoms with Crippen LogP contribution in [0.25, 0.3) is 0 Å². The Labute approximate surface area is 134 Å². The lowest BCUT2D eigenvalue weighted by Gasteiger charge is -2.25. The van der Waals surface area contributed by atoms with Crippen molar-refractivity contribution >= 4 is 11.9 Å². The van der Waals surface area contributed by atoms with Crippen LogP contribution in [0.5, 0.6) is 0 Å². The highest BCUT2D eigenvalue weighted by Crippen LogP contribution is 2.23. The Kier molecular flexibility index (Phi) is 4.39. The van der Waals surface area contributed by atoms with E-state index in [0.29, 0.717) is 13.1 Å². The summed E-state index contributed by atoms with van der Waals surface area (Å²) in [5.74, 6) is -1.17. The number of benzene rings is 2.